The number of carbonyl (C=O) groups excluding carboxylic acids is 1. The van der Waals surface area contributed by atoms with Crippen LogP contribution in [0.1, 0.15) is 28.9 Å². The van der Waals surface area contributed by atoms with Gasteiger partial charge in [-0.2, -0.15) is 0 Å². The minimum absolute atomic E-state index is 0.0640. The fourth-order valence-electron chi connectivity index (χ4n) is 3.35. The van der Waals surface area contributed by atoms with Crippen molar-refractivity contribution in [2.45, 2.75) is 24.0 Å². The predicted molar refractivity (Wildman–Crippen MR) is 124 cm³/mol. The average molecular weight is 489 g/mol. The highest BCUT2D eigenvalue weighted by Gasteiger charge is 2.24. The van der Waals surface area contributed by atoms with Crippen molar-refractivity contribution in [3.05, 3.63) is 59.4 Å². The summed E-state index contributed by atoms with van der Waals surface area (Å²) < 4.78 is 34.9. The molecule has 2 aromatic heterocycles. The number of pyridine rings is 1. The van der Waals surface area contributed by atoms with Gasteiger partial charge < -0.3 is 14.8 Å². The van der Waals surface area contributed by atoms with E-state index in [1.54, 1.807) is 30.3 Å². The highest BCUT2D eigenvalue weighted by molar-refractivity contribution is 7.90. The van der Waals surface area contributed by atoms with Crippen molar-refractivity contribution in [1.29, 1.82) is 0 Å². The largest absolute Gasteiger partial charge is 0.421 e. The Bertz CT molecular complexity index is 1330. The third kappa shape index (κ3) is 5.13. The van der Waals surface area contributed by atoms with E-state index in [2.05, 4.69) is 26.8 Å². The van der Waals surface area contributed by atoms with E-state index in [1.165, 1.54) is 6.20 Å². The molecule has 0 saturated carbocycles. The lowest BCUT2D eigenvalue weighted by molar-refractivity contribution is 0.0692. The summed E-state index contributed by atoms with van der Waals surface area (Å²) >= 11 is 6.55. The number of sulfone groups is 1. The molecule has 1 aliphatic rings. The predicted octanol–water partition coefficient (Wildman–Crippen LogP) is 3.50. The van der Waals surface area contributed by atoms with Crippen LogP contribution in [0.25, 0.3) is 16.7 Å². The number of halogens is 1. The van der Waals surface area contributed by atoms with Gasteiger partial charge in [0.25, 0.3) is 0 Å². The fourth-order valence-corrected chi connectivity index (χ4v) is 4.14. The van der Waals surface area contributed by atoms with Gasteiger partial charge in [-0.25, -0.2) is 28.2 Å². The number of rotatable bonds is 6. The van der Waals surface area contributed by atoms with E-state index in [-0.39, 0.29) is 39.0 Å². The van der Waals surface area contributed by atoms with E-state index >= 15 is 0 Å². The van der Waals surface area contributed by atoms with Crippen LogP contribution in [0.4, 0.5) is 5.82 Å². The fraction of sp³-hybridized carbons (Fsp3) is 0.273. The molecule has 1 atom stereocenters. The topological polar surface area (TPSA) is 120 Å². The van der Waals surface area contributed by atoms with Gasteiger partial charge in [0, 0.05) is 24.4 Å². The summed E-state index contributed by atoms with van der Waals surface area (Å²) in [6, 6.07) is 8.37. The van der Waals surface area contributed by atoms with Crippen LogP contribution in [0, 0.1) is 0 Å². The molecule has 4 rings (SSSR count). The number of benzene rings is 1. The number of anilines is 1. The maximum absolute atomic E-state index is 12.5. The molecular weight excluding hydrogens is 468 g/mol. The molecule has 1 fully saturated rings. The van der Waals surface area contributed by atoms with Crippen molar-refractivity contribution < 1.29 is 22.7 Å². The minimum atomic E-state index is -3.66. The molecule has 33 heavy (non-hydrogen) atoms. The molecule has 0 spiro atoms. The van der Waals surface area contributed by atoms with Crippen LogP contribution in [0.5, 0.6) is 0 Å². The Morgan fingerprint density at radius 3 is 2.70 bits per heavy atom. The van der Waals surface area contributed by atoms with E-state index < -0.39 is 15.8 Å². The Balaban J connectivity index is 1.77. The number of ether oxygens (including phenoxy) is 2. The Hall–Kier alpha value is -3.08. The molecule has 1 saturated heterocycles. The van der Waals surface area contributed by atoms with Crippen LogP contribution in [0.15, 0.2) is 48.3 Å². The number of carbonyl (C=O) groups is 1. The minimum Gasteiger partial charge on any atom is -0.421 e. The van der Waals surface area contributed by atoms with Gasteiger partial charge in [0.1, 0.15) is 11.2 Å². The first-order valence-electron chi connectivity index (χ1n) is 10.1. The molecule has 1 aliphatic heterocycles. The maximum Gasteiger partial charge on any atom is 0.343 e. The molecule has 9 nitrogen and oxygen atoms in total. The van der Waals surface area contributed by atoms with Gasteiger partial charge in [-0.3, -0.25) is 0 Å². The zero-order valence-electron chi connectivity index (χ0n) is 17.7. The Morgan fingerprint density at radius 1 is 1.27 bits per heavy atom. The number of nitrogens with zero attached hydrogens (tertiary/aromatic N) is 3. The van der Waals surface area contributed by atoms with Crippen LogP contribution in [0.2, 0.25) is 5.02 Å². The van der Waals surface area contributed by atoms with Gasteiger partial charge >= 0.3 is 5.97 Å². The number of esters is 1. The van der Waals surface area contributed by atoms with Gasteiger partial charge in [0.05, 0.1) is 23.2 Å². The number of aromatic nitrogens is 3. The molecule has 11 heteroatoms. The first-order valence-corrected chi connectivity index (χ1v) is 12.4. The van der Waals surface area contributed by atoms with Gasteiger partial charge in [-0.15, -0.1) is 0 Å². The molecule has 0 amide bonds. The van der Waals surface area contributed by atoms with Crippen molar-refractivity contribution in [3.63, 3.8) is 0 Å². The summed E-state index contributed by atoms with van der Waals surface area (Å²) in [4.78, 5) is 25.1. The molecule has 0 bridgehead atoms. The van der Waals surface area contributed by atoms with Gasteiger partial charge in [-0.1, -0.05) is 36.4 Å². The quantitative estimate of drug-likeness (QED) is 0.315. The first kappa shape index (κ1) is 23.1. The van der Waals surface area contributed by atoms with Crippen LogP contribution < -0.4 is 5.32 Å². The third-order valence-electron chi connectivity index (χ3n) is 4.98. The summed E-state index contributed by atoms with van der Waals surface area (Å²) in [5, 5.41) is 3.32. The van der Waals surface area contributed by atoms with Gasteiger partial charge in [-0.05, 0) is 25.0 Å². The Labute approximate surface area is 195 Å². The second-order valence-corrected chi connectivity index (χ2v) is 9.83. The summed E-state index contributed by atoms with van der Waals surface area (Å²) in [6.45, 7) is 4.95. The standard InChI is InChI=1S/C22H21ClN4O5S/c1-13(32-21(28)14-7-4-3-5-8-14)18-17(23)16-11-24-22(33(2,29)30)27-19(16)20(26-18)25-15-9-6-10-31-12-15/h3-5,7-8,11,15H,1,6,9-10,12H2,2H3,(H,25,26)/t15-/m0/s1. The number of nitrogens with one attached hydrogen (secondary N) is 1. The highest BCUT2D eigenvalue weighted by Crippen LogP contribution is 2.34. The van der Waals surface area contributed by atoms with E-state index in [1.807, 2.05) is 0 Å². The highest BCUT2D eigenvalue weighted by atomic mass is 35.5. The second-order valence-electron chi connectivity index (χ2n) is 7.55. The summed E-state index contributed by atoms with van der Waals surface area (Å²) in [6.07, 6.45) is 4.02. The molecule has 3 aromatic rings. The van der Waals surface area contributed by atoms with E-state index in [9.17, 15) is 13.2 Å². The third-order valence-corrected chi connectivity index (χ3v) is 6.22. The van der Waals surface area contributed by atoms with Crippen LogP contribution >= 0.6 is 11.6 Å². The van der Waals surface area contributed by atoms with Crippen LogP contribution in [0.3, 0.4) is 0 Å². The molecular formula is C22H21ClN4O5S. The average Bonchev–Trinajstić information content (AvgIpc) is 2.81. The van der Waals surface area contributed by atoms with Crippen molar-refractivity contribution in [2.24, 2.45) is 0 Å². The van der Waals surface area contributed by atoms with Crippen molar-refractivity contribution in [3.8, 4) is 0 Å². The molecule has 172 valence electrons. The lowest BCUT2D eigenvalue weighted by Gasteiger charge is -2.24. The zero-order valence-corrected chi connectivity index (χ0v) is 19.3. The van der Waals surface area contributed by atoms with Gasteiger partial charge in [0.2, 0.25) is 15.0 Å². The smallest absolute Gasteiger partial charge is 0.343 e. The summed E-state index contributed by atoms with van der Waals surface area (Å²) in [5.74, 6) is -0.410. The zero-order chi connectivity index (χ0) is 23.6. The molecule has 0 unspecified atom stereocenters. The number of fused-ring (bicyclic) bond motifs is 1. The molecule has 0 aliphatic carbocycles. The van der Waals surface area contributed by atoms with E-state index in [0.717, 1.165) is 19.1 Å². The lowest BCUT2D eigenvalue weighted by atomic mass is 10.1. The monoisotopic (exact) mass is 488 g/mol. The Kier molecular flexibility index (Phi) is 6.59. The second kappa shape index (κ2) is 9.42. The summed E-state index contributed by atoms with van der Waals surface area (Å²) in [7, 11) is -3.66. The molecule has 0 radical (unpaired) electrons. The van der Waals surface area contributed by atoms with Crippen molar-refractivity contribution in [1.82, 2.24) is 15.0 Å². The lowest BCUT2D eigenvalue weighted by Crippen LogP contribution is -2.30. The van der Waals surface area contributed by atoms with E-state index in [4.69, 9.17) is 21.1 Å². The maximum atomic E-state index is 12.5. The van der Waals surface area contributed by atoms with Crippen molar-refractivity contribution in [2.75, 3.05) is 24.8 Å². The molecule has 3 heterocycles. The van der Waals surface area contributed by atoms with Crippen LogP contribution in [-0.4, -0.2) is 54.9 Å². The molecule has 1 aromatic carbocycles. The number of hydrogen-bond donors (Lipinski definition) is 1. The van der Waals surface area contributed by atoms with E-state index in [0.29, 0.717) is 24.2 Å². The summed E-state index contributed by atoms with van der Waals surface area (Å²) in [5.41, 5.74) is 0.685. The first-order chi connectivity index (χ1) is 15.7. The Morgan fingerprint density at radius 2 is 2.03 bits per heavy atom. The van der Waals surface area contributed by atoms with Crippen LogP contribution in [-0.2, 0) is 19.3 Å². The van der Waals surface area contributed by atoms with Gasteiger partial charge in [0.15, 0.2) is 11.6 Å². The SMILES string of the molecule is C=C(OC(=O)c1ccccc1)c1nc(N[C@H]2CCCOC2)c2nc(S(C)(=O)=O)ncc2c1Cl. The van der Waals surface area contributed by atoms with Crippen molar-refractivity contribution >= 4 is 49.9 Å². The molecule has 1 N–H and O–H groups in total. The normalized spacial score (nSPS) is 16.4. The number of hydrogen-bond acceptors (Lipinski definition) is 9.